The van der Waals surface area contributed by atoms with Crippen molar-refractivity contribution in [1.82, 2.24) is 0 Å². The molecule has 5 heteroatoms. The van der Waals surface area contributed by atoms with Gasteiger partial charge in [-0.25, -0.2) is 0 Å². The van der Waals surface area contributed by atoms with Gasteiger partial charge in [-0.2, -0.15) is 5.26 Å². The van der Waals surface area contributed by atoms with Crippen LogP contribution in [-0.4, -0.2) is 7.11 Å². The third-order valence-corrected chi connectivity index (χ3v) is 4.91. The van der Waals surface area contributed by atoms with Gasteiger partial charge in [-0.05, 0) is 63.0 Å². The molecule has 0 heterocycles. The average molecular weight is 455 g/mol. The van der Waals surface area contributed by atoms with E-state index in [2.05, 4.69) is 22.0 Å². The number of hydrogen-bond donors (Lipinski definition) is 0. The van der Waals surface area contributed by atoms with Crippen LogP contribution in [0.2, 0.25) is 5.02 Å². The van der Waals surface area contributed by atoms with Crippen LogP contribution < -0.4 is 9.47 Å². The highest BCUT2D eigenvalue weighted by Crippen LogP contribution is 2.38. The van der Waals surface area contributed by atoms with Gasteiger partial charge in [-0.1, -0.05) is 54.1 Å². The summed E-state index contributed by atoms with van der Waals surface area (Å²) in [6.07, 6.45) is 1.82. The first kappa shape index (κ1) is 20.0. The van der Waals surface area contributed by atoms with Crippen molar-refractivity contribution in [2.45, 2.75) is 6.61 Å². The number of rotatable bonds is 6. The van der Waals surface area contributed by atoms with Crippen molar-refractivity contribution in [3.63, 3.8) is 0 Å². The zero-order valence-corrected chi connectivity index (χ0v) is 17.5. The van der Waals surface area contributed by atoms with Crippen LogP contribution in [0.1, 0.15) is 16.7 Å². The number of methoxy groups -OCH3 is 1. The fourth-order valence-corrected chi connectivity index (χ4v) is 3.36. The second kappa shape index (κ2) is 9.45. The summed E-state index contributed by atoms with van der Waals surface area (Å²) in [6, 6.07) is 23.0. The van der Waals surface area contributed by atoms with E-state index in [0.29, 0.717) is 28.7 Å². The van der Waals surface area contributed by atoms with E-state index < -0.39 is 0 Å². The maximum Gasteiger partial charge on any atom is 0.175 e. The fourth-order valence-electron chi connectivity index (χ4n) is 2.66. The van der Waals surface area contributed by atoms with Gasteiger partial charge < -0.3 is 9.47 Å². The van der Waals surface area contributed by atoms with Crippen LogP contribution in [0.5, 0.6) is 11.5 Å². The van der Waals surface area contributed by atoms with Gasteiger partial charge in [0, 0.05) is 5.02 Å². The smallest absolute Gasteiger partial charge is 0.175 e. The zero-order chi connectivity index (χ0) is 19.9. The molecular formula is C23H17BrClNO2. The van der Waals surface area contributed by atoms with Gasteiger partial charge in [0.15, 0.2) is 11.5 Å². The summed E-state index contributed by atoms with van der Waals surface area (Å²) in [6.45, 7) is 0.384. The monoisotopic (exact) mass is 453 g/mol. The molecule has 140 valence electrons. The van der Waals surface area contributed by atoms with Crippen LogP contribution in [0.25, 0.3) is 11.6 Å². The van der Waals surface area contributed by atoms with Crippen molar-refractivity contribution in [3.05, 3.63) is 92.9 Å². The van der Waals surface area contributed by atoms with Crippen molar-refractivity contribution < 1.29 is 9.47 Å². The molecule has 0 fully saturated rings. The minimum Gasteiger partial charge on any atom is -0.493 e. The predicted octanol–water partition coefficient (Wildman–Crippen LogP) is 6.75. The lowest BCUT2D eigenvalue weighted by Crippen LogP contribution is -1.99. The lowest BCUT2D eigenvalue weighted by Gasteiger charge is -2.14. The van der Waals surface area contributed by atoms with E-state index in [0.717, 1.165) is 21.2 Å². The Morgan fingerprint density at radius 2 is 1.82 bits per heavy atom. The van der Waals surface area contributed by atoms with Crippen LogP contribution in [0, 0.1) is 11.3 Å². The Labute approximate surface area is 177 Å². The summed E-state index contributed by atoms with van der Waals surface area (Å²) in [5, 5.41) is 10.2. The van der Waals surface area contributed by atoms with Gasteiger partial charge in [0.2, 0.25) is 0 Å². The highest BCUT2D eigenvalue weighted by molar-refractivity contribution is 9.10. The fraction of sp³-hybridized carbons (Fsp3) is 0.0870. The number of hydrogen-bond acceptors (Lipinski definition) is 3. The molecule has 3 aromatic carbocycles. The summed E-state index contributed by atoms with van der Waals surface area (Å²) in [5.74, 6) is 1.19. The highest BCUT2D eigenvalue weighted by Gasteiger charge is 2.12. The summed E-state index contributed by atoms with van der Waals surface area (Å²) in [7, 11) is 1.59. The van der Waals surface area contributed by atoms with E-state index in [9.17, 15) is 5.26 Å². The first-order chi connectivity index (χ1) is 13.6. The van der Waals surface area contributed by atoms with Crippen LogP contribution >= 0.6 is 27.5 Å². The average Bonchev–Trinajstić information content (AvgIpc) is 2.72. The first-order valence-corrected chi connectivity index (χ1v) is 9.70. The molecule has 0 radical (unpaired) electrons. The summed E-state index contributed by atoms with van der Waals surface area (Å²) >= 11 is 9.47. The Morgan fingerprint density at radius 3 is 2.46 bits per heavy atom. The van der Waals surface area contributed by atoms with E-state index in [1.54, 1.807) is 7.11 Å². The predicted molar refractivity (Wildman–Crippen MR) is 116 cm³/mol. The molecule has 0 spiro atoms. The maximum absolute atomic E-state index is 9.53. The lowest BCUT2D eigenvalue weighted by molar-refractivity contribution is 0.282. The SMILES string of the molecule is COc1cc(/C=C(/C#N)c2ccccc2)cc(Br)c1OCc1ccc(Cl)cc1. The van der Waals surface area contributed by atoms with Crippen molar-refractivity contribution in [2.75, 3.05) is 7.11 Å². The van der Waals surface area contributed by atoms with Crippen LogP contribution in [0.3, 0.4) is 0 Å². The molecule has 0 atom stereocenters. The van der Waals surface area contributed by atoms with Crippen molar-refractivity contribution in [1.29, 1.82) is 5.26 Å². The van der Waals surface area contributed by atoms with Crippen LogP contribution in [-0.2, 0) is 6.61 Å². The van der Waals surface area contributed by atoms with Gasteiger partial charge in [-0.15, -0.1) is 0 Å². The lowest BCUT2D eigenvalue weighted by atomic mass is 10.0. The second-order valence-electron chi connectivity index (χ2n) is 5.99. The molecule has 3 rings (SSSR count). The Morgan fingerprint density at radius 1 is 1.11 bits per heavy atom. The third-order valence-electron chi connectivity index (χ3n) is 4.06. The third kappa shape index (κ3) is 4.95. The zero-order valence-electron chi connectivity index (χ0n) is 15.2. The van der Waals surface area contributed by atoms with Gasteiger partial charge in [0.25, 0.3) is 0 Å². The van der Waals surface area contributed by atoms with Crippen LogP contribution in [0.4, 0.5) is 0 Å². The van der Waals surface area contributed by atoms with Gasteiger partial charge >= 0.3 is 0 Å². The first-order valence-electron chi connectivity index (χ1n) is 8.52. The van der Waals surface area contributed by atoms with E-state index >= 15 is 0 Å². The quantitative estimate of drug-likeness (QED) is 0.305. The minimum absolute atomic E-state index is 0.384. The van der Waals surface area contributed by atoms with Crippen molar-refractivity contribution >= 4 is 39.2 Å². The largest absolute Gasteiger partial charge is 0.493 e. The number of ether oxygens (including phenoxy) is 2. The number of nitrogens with zero attached hydrogens (tertiary/aromatic N) is 1. The number of allylic oxidation sites excluding steroid dienone is 1. The number of nitriles is 1. The van der Waals surface area contributed by atoms with E-state index in [1.165, 1.54) is 0 Å². The summed E-state index contributed by atoms with van der Waals surface area (Å²) < 4.78 is 12.2. The maximum atomic E-state index is 9.53. The number of halogens is 2. The molecule has 0 unspecified atom stereocenters. The Balaban J connectivity index is 1.88. The standard InChI is InChI=1S/C23H17BrClNO2/c1-27-22-13-17(11-19(14-26)18-5-3-2-4-6-18)12-21(24)23(22)28-15-16-7-9-20(25)10-8-16/h2-13H,15H2,1H3/b19-11-. The normalized spacial score (nSPS) is 11.0. The molecule has 0 aliphatic rings. The van der Waals surface area contributed by atoms with Crippen molar-refractivity contribution in [2.24, 2.45) is 0 Å². The Bertz CT molecular complexity index is 1020. The minimum atomic E-state index is 0.384. The second-order valence-corrected chi connectivity index (χ2v) is 7.28. The van der Waals surface area contributed by atoms with E-state index in [1.807, 2.05) is 72.8 Å². The topological polar surface area (TPSA) is 42.2 Å². The van der Waals surface area contributed by atoms with E-state index in [4.69, 9.17) is 21.1 Å². The molecule has 0 aromatic heterocycles. The van der Waals surface area contributed by atoms with Gasteiger partial charge in [0.1, 0.15) is 6.61 Å². The molecule has 0 bridgehead atoms. The molecule has 0 aliphatic carbocycles. The molecule has 0 amide bonds. The molecule has 3 aromatic rings. The number of benzene rings is 3. The molecule has 0 saturated heterocycles. The van der Waals surface area contributed by atoms with E-state index in [-0.39, 0.29) is 0 Å². The molecule has 3 nitrogen and oxygen atoms in total. The van der Waals surface area contributed by atoms with Crippen molar-refractivity contribution in [3.8, 4) is 17.6 Å². The van der Waals surface area contributed by atoms with Gasteiger partial charge in [0.05, 0.1) is 23.2 Å². The summed E-state index contributed by atoms with van der Waals surface area (Å²) in [4.78, 5) is 0. The Hall–Kier alpha value is -2.74. The molecule has 28 heavy (non-hydrogen) atoms. The Kier molecular flexibility index (Phi) is 6.76. The highest BCUT2D eigenvalue weighted by atomic mass is 79.9. The molecule has 0 N–H and O–H groups in total. The molecular weight excluding hydrogens is 438 g/mol. The van der Waals surface area contributed by atoms with Crippen LogP contribution in [0.15, 0.2) is 71.2 Å². The van der Waals surface area contributed by atoms with Gasteiger partial charge in [-0.3, -0.25) is 0 Å². The summed E-state index contributed by atoms with van der Waals surface area (Å²) in [5.41, 5.74) is 3.27. The molecule has 0 saturated carbocycles. The molecule has 0 aliphatic heterocycles.